The highest BCUT2D eigenvalue weighted by Gasteiger charge is 2.38. The molecule has 0 unspecified atom stereocenters. The van der Waals surface area contributed by atoms with Crippen molar-refractivity contribution in [1.29, 1.82) is 0 Å². The number of rotatable bonds is 8. The predicted octanol–water partition coefficient (Wildman–Crippen LogP) is 2.63. The average Bonchev–Trinajstić information content (AvgIpc) is 2.85. The van der Waals surface area contributed by atoms with Gasteiger partial charge in [0.2, 0.25) is 0 Å². The van der Waals surface area contributed by atoms with Crippen LogP contribution in [0.5, 0.6) is 11.8 Å². The monoisotopic (exact) mass is 295 g/mol. The summed E-state index contributed by atoms with van der Waals surface area (Å²) < 4.78 is 22.3. The van der Waals surface area contributed by atoms with Crippen molar-refractivity contribution in [1.82, 2.24) is 4.98 Å². The third kappa shape index (κ3) is 3.04. The molecule has 2 aliphatic heterocycles. The molecule has 118 valence electrons. The van der Waals surface area contributed by atoms with E-state index in [4.69, 9.17) is 18.9 Å². The maximum atomic E-state index is 5.84. The third-order valence-corrected chi connectivity index (χ3v) is 4.83. The van der Waals surface area contributed by atoms with Crippen molar-refractivity contribution in [2.24, 2.45) is 10.8 Å². The van der Waals surface area contributed by atoms with Gasteiger partial charge < -0.3 is 18.9 Å². The molecule has 2 aliphatic rings. The minimum atomic E-state index is 0.196. The fourth-order valence-corrected chi connectivity index (χ4v) is 2.55. The molecule has 0 bridgehead atoms. The number of nitrogens with one attached hydrogen (secondary N) is 1. The van der Waals surface area contributed by atoms with Crippen molar-refractivity contribution < 1.29 is 18.9 Å². The molecular formula is C16H25NO4. The highest BCUT2D eigenvalue weighted by Crippen LogP contribution is 2.33. The molecule has 3 heterocycles. The molecule has 1 N–H and O–H groups in total. The fourth-order valence-electron chi connectivity index (χ4n) is 2.55. The fraction of sp³-hybridized carbons (Fsp3) is 0.750. The normalized spacial score (nSPS) is 22.2. The second kappa shape index (κ2) is 5.89. The van der Waals surface area contributed by atoms with Crippen LogP contribution < -0.4 is 9.47 Å². The average molecular weight is 295 g/mol. The summed E-state index contributed by atoms with van der Waals surface area (Å²) in [7, 11) is 0. The molecule has 1 aromatic heterocycles. The Kier molecular flexibility index (Phi) is 4.13. The van der Waals surface area contributed by atoms with Crippen LogP contribution in [0.25, 0.3) is 0 Å². The van der Waals surface area contributed by atoms with Gasteiger partial charge in [-0.3, -0.25) is 4.98 Å². The van der Waals surface area contributed by atoms with Gasteiger partial charge in [-0.15, -0.1) is 0 Å². The molecule has 0 radical (unpaired) electrons. The zero-order valence-corrected chi connectivity index (χ0v) is 12.9. The molecular weight excluding hydrogens is 270 g/mol. The van der Waals surface area contributed by atoms with Crippen LogP contribution in [-0.2, 0) is 9.47 Å². The second-order valence-electron chi connectivity index (χ2n) is 6.46. The van der Waals surface area contributed by atoms with Crippen LogP contribution in [0.4, 0.5) is 0 Å². The first-order valence-corrected chi connectivity index (χ1v) is 7.79. The first-order valence-electron chi connectivity index (χ1n) is 7.79. The van der Waals surface area contributed by atoms with E-state index in [-0.39, 0.29) is 10.8 Å². The molecule has 2 fully saturated rings. The third-order valence-electron chi connectivity index (χ3n) is 4.83. The van der Waals surface area contributed by atoms with Gasteiger partial charge in [-0.25, -0.2) is 0 Å². The highest BCUT2D eigenvalue weighted by atomic mass is 16.5. The summed E-state index contributed by atoms with van der Waals surface area (Å²) in [5.74, 6) is 1.53. The molecule has 5 nitrogen and oxygen atoms in total. The van der Waals surface area contributed by atoms with Gasteiger partial charge in [0.15, 0.2) is 11.8 Å². The van der Waals surface area contributed by atoms with Crippen molar-refractivity contribution >= 4 is 0 Å². The molecule has 2 saturated heterocycles. The lowest BCUT2D eigenvalue weighted by atomic mass is 9.84. The smallest absolute Gasteiger partial charge is 0.193 e. The molecule has 5 heteroatoms. The largest absolute Gasteiger partial charge is 0.478 e. The Morgan fingerprint density at radius 1 is 0.905 bits per heavy atom. The summed E-state index contributed by atoms with van der Waals surface area (Å²) in [6, 6.07) is 3.85. The minimum absolute atomic E-state index is 0.196. The SMILES string of the molecule is CCC1(COc2ccc(OCC3(CC)COC3)[nH]2)COC1. The lowest BCUT2D eigenvalue weighted by Gasteiger charge is -2.40. The van der Waals surface area contributed by atoms with E-state index in [1.165, 1.54) is 0 Å². The summed E-state index contributed by atoms with van der Waals surface area (Å²) in [6.45, 7) is 8.94. The zero-order valence-electron chi connectivity index (χ0n) is 12.9. The van der Waals surface area contributed by atoms with Crippen LogP contribution in [0, 0.1) is 10.8 Å². The Hall–Kier alpha value is -1.20. The van der Waals surface area contributed by atoms with E-state index in [2.05, 4.69) is 18.8 Å². The van der Waals surface area contributed by atoms with E-state index in [9.17, 15) is 0 Å². The Morgan fingerprint density at radius 3 is 1.62 bits per heavy atom. The molecule has 1 aromatic rings. The van der Waals surface area contributed by atoms with Crippen molar-refractivity contribution in [3.8, 4) is 11.8 Å². The number of aromatic nitrogens is 1. The quantitative estimate of drug-likeness (QED) is 0.801. The molecule has 0 aliphatic carbocycles. The summed E-state index contributed by atoms with van der Waals surface area (Å²) >= 11 is 0. The molecule has 0 amide bonds. The van der Waals surface area contributed by atoms with E-state index in [0.29, 0.717) is 13.2 Å². The Bertz CT molecular complexity index is 411. The van der Waals surface area contributed by atoms with Gasteiger partial charge in [0.05, 0.1) is 50.5 Å². The molecule has 0 saturated carbocycles. The Morgan fingerprint density at radius 2 is 1.33 bits per heavy atom. The van der Waals surface area contributed by atoms with Crippen LogP contribution in [0.2, 0.25) is 0 Å². The molecule has 0 spiro atoms. The minimum Gasteiger partial charge on any atom is -0.478 e. The highest BCUT2D eigenvalue weighted by molar-refractivity contribution is 5.22. The number of hydrogen-bond donors (Lipinski definition) is 1. The van der Waals surface area contributed by atoms with Gasteiger partial charge >= 0.3 is 0 Å². The maximum absolute atomic E-state index is 5.84. The lowest BCUT2D eigenvalue weighted by molar-refractivity contribution is -0.134. The maximum Gasteiger partial charge on any atom is 0.193 e. The van der Waals surface area contributed by atoms with Crippen LogP contribution >= 0.6 is 0 Å². The lowest BCUT2D eigenvalue weighted by Crippen LogP contribution is -2.46. The van der Waals surface area contributed by atoms with Crippen molar-refractivity contribution in [3.05, 3.63) is 12.1 Å². The van der Waals surface area contributed by atoms with E-state index in [1.807, 2.05) is 12.1 Å². The van der Waals surface area contributed by atoms with E-state index >= 15 is 0 Å². The number of hydrogen-bond acceptors (Lipinski definition) is 4. The molecule has 0 aromatic carbocycles. The summed E-state index contributed by atoms with van der Waals surface area (Å²) in [6.07, 6.45) is 2.16. The van der Waals surface area contributed by atoms with Crippen molar-refractivity contribution in [2.45, 2.75) is 26.7 Å². The predicted molar refractivity (Wildman–Crippen MR) is 78.9 cm³/mol. The van der Waals surface area contributed by atoms with Gasteiger partial charge in [-0.2, -0.15) is 0 Å². The van der Waals surface area contributed by atoms with Gasteiger partial charge in [0.1, 0.15) is 0 Å². The summed E-state index contributed by atoms with van der Waals surface area (Å²) in [5, 5.41) is 0. The van der Waals surface area contributed by atoms with Gasteiger partial charge in [-0.05, 0) is 12.8 Å². The standard InChI is InChI=1S/C16H25NO4/c1-3-15(7-18-8-15)11-20-13-5-6-14(17-13)21-12-16(4-2)9-19-10-16/h5-6,17H,3-4,7-12H2,1-2H3. The van der Waals surface area contributed by atoms with Crippen LogP contribution in [0.1, 0.15) is 26.7 Å². The first-order chi connectivity index (χ1) is 10.2. The number of ether oxygens (including phenoxy) is 4. The van der Waals surface area contributed by atoms with E-state index in [1.54, 1.807) is 0 Å². The zero-order chi connectivity index (χ0) is 14.8. The van der Waals surface area contributed by atoms with Crippen LogP contribution in [0.3, 0.4) is 0 Å². The summed E-state index contributed by atoms with van der Waals surface area (Å²) in [5.41, 5.74) is 0.392. The van der Waals surface area contributed by atoms with Crippen LogP contribution in [-0.4, -0.2) is 44.6 Å². The molecule has 21 heavy (non-hydrogen) atoms. The first kappa shape index (κ1) is 14.7. The second-order valence-corrected chi connectivity index (χ2v) is 6.46. The molecule has 0 atom stereocenters. The van der Waals surface area contributed by atoms with Gasteiger partial charge in [0, 0.05) is 12.1 Å². The summed E-state index contributed by atoms with van der Waals surface area (Å²) in [4.78, 5) is 3.18. The Labute approximate surface area is 125 Å². The van der Waals surface area contributed by atoms with E-state index < -0.39 is 0 Å². The topological polar surface area (TPSA) is 52.7 Å². The van der Waals surface area contributed by atoms with Crippen LogP contribution in [0.15, 0.2) is 12.1 Å². The van der Waals surface area contributed by atoms with Gasteiger partial charge in [-0.1, -0.05) is 13.8 Å². The van der Waals surface area contributed by atoms with Crippen molar-refractivity contribution in [2.75, 3.05) is 39.6 Å². The van der Waals surface area contributed by atoms with E-state index in [0.717, 1.165) is 51.0 Å². The Balaban J connectivity index is 1.47. The number of aromatic amines is 1. The number of H-pyrrole nitrogens is 1. The molecule has 3 rings (SSSR count). The van der Waals surface area contributed by atoms with Crippen molar-refractivity contribution in [3.63, 3.8) is 0 Å². The van der Waals surface area contributed by atoms with Gasteiger partial charge in [0.25, 0.3) is 0 Å².